The summed E-state index contributed by atoms with van der Waals surface area (Å²) in [6.07, 6.45) is 10.5. The van der Waals surface area contributed by atoms with Gasteiger partial charge in [0.15, 0.2) is 0 Å². The van der Waals surface area contributed by atoms with Crippen LogP contribution in [0.1, 0.15) is 29.0 Å². The van der Waals surface area contributed by atoms with Gasteiger partial charge >= 0.3 is 0 Å². The van der Waals surface area contributed by atoms with Crippen molar-refractivity contribution >= 4 is 17.4 Å². The van der Waals surface area contributed by atoms with Crippen molar-refractivity contribution < 1.29 is 4.74 Å². The van der Waals surface area contributed by atoms with Gasteiger partial charge in [-0.2, -0.15) is 0 Å². The molecule has 3 heterocycles. The van der Waals surface area contributed by atoms with Gasteiger partial charge in [-0.15, -0.1) is 11.3 Å². The molecule has 0 amide bonds. The first-order valence-electron chi connectivity index (χ1n) is 8.05. The molecule has 5 heteroatoms. The number of nitrogens with zero attached hydrogens (tertiary/aromatic N) is 3. The van der Waals surface area contributed by atoms with Gasteiger partial charge < -0.3 is 4.74 Å². The van der Waals surface area contributed by atoms with Crippen molar-refractivity contribution in [2.24, 2.45) is 5.92 Å². The van der Waals surface area contributed by atoms with E-state index in [1.54, 1.807) is 19.5 Å². The molecule has 23 heavy (non-hydrogen) atoms. The molecule has 1 fully saturated rings. The fourth-order valence-electron chi connectivity index (χ4n) is 2.93. The first kappa shape index (κ1) is 16.1. The zero-order chi connectivity index (χ0) is 16.1. The fourth-order valence-corrected chi connectivity index (χ4v) is 3.76. The van der Waals surface area contributed by atoms with E-state index in [1.807, 2.05) is 11.3 Å². The molecule has 0 bridgehead atoms. The van der Waals surface area contributed by atoms with E-state index >= 15 is 0 Å². The molecule has 0 unspecified atom stereocenters. The molecular weight excluding hydrogens is 306 g/mol. The van der Waals surface area contributed by atoms with E-state index in [0.29, 0.717) is 11.8 Å². The van der Waals surface area contributed by atoms with Gasteiger partial charge in [0.05, 0.1) is 7.11 Å². The summed E-state index contributed by atoms with van der Waals surface area (Å²) < 4.78 is 5.29. The molecule has 0 N–H and O–H groups in total. The van der Waals surface area contributed by atoms with Crippen molar-refractivity contribution in [2.45, 2.75) is 26.3 Å². The minimum absolute atomic E-state index is 0.641. The van der Waals surface area contributed by atoms with E-state index in [0.717, 1.165) is 25.3 Å². The van der Waals surface area contributed by atoms with Crippen LogP contribution in [-0.2, 0) is 6.54 Å². The lowest BCUT2D eigenvalue weighted by Gasteiger charge is -2.30. The summed E-state index contributed by atoms with van der Waals surface area (Å²) in [7, 11) is 1.65. The molecule has 0 aliphatic carbocycles. The summed E-state index contributed by atoms with van der Waals surface area (Å²) in [4.78, 5) is 12.4. The van der Waals surface area contributed by atoms with Crippen LogP contribution in [0.2, 0.25) is 0 Å². The number of thiophene rings is 1. The number of ether oxygens (including phenoxy) is 1. The number of hydrogen-bond acceptors (Lipinski definition) is 5. The predicted molar refractivity (Wildman–Crippen MR) is 94.7 cm³/mol. The van der Waals surface area contributed by atoms with Gasteiger partial charge in [-0.1, -0.05) is 6.08 Å². The Bertz CT molecular complexity index is 660. The Kier molecular flexibility index (Phi) is 5.41. The van der Waals surface area contributed by atoms with Gasteiger partial charge in [0, 0.05) is 23.8 Å². The predicted octanol–water partition coefficient (Wildman–Crippen LogP) is 3.78. The van der Waals surface area contributed by atoms with Crippen LogP contribution in [0.5, 0.6) is 5.88 Å². The highest BCUT2D eigenvalue weighted by atomic mass is 32.1. The van der Waals surface area contributed by atoms with Gasteiger partial charge in [0.2, 0.25) is 5.88 Å². The first-order chi connectivity index (χ1) is 11.3. The van der Waals surface area contributed by atoms with Crippen molar-refractivity contribution in [2.75, 3.05) is 20.2 Å². The Morgan fingerprint density at radius 3 is 2.78 bits per heavy atom. The molecule has 1 aliphatic heterocycles. The first-order valence-corrected chi connectivity index (χ1v) is 8.92. The van der Waals surface area contributed by atoms with Crippen molar-refractivity contribution in [3.63, 3.8) is 0 Å². The van der Waals surface area contributed by atoms with E-state index in [2.05, 4.69) is 45.4 Å². The average molecular weight is 329 g/mol. The largest absolute Gasteiger partial charge is 0.480 e. The van der Waals surface area contributed by atoms with Crippen molar-refractivity contribution in [1.29, 1.82) is 0 Å². The highest BCUT2D eigenvalue weighted by Gasteiger charge is 2.19. The molecule has 0 saturated carbocycles. The van der Waals surface area contributed by atoms with Crippen molar-refractivity contribution in [3.8, 4) is 5.88 Å². The van der Waals surface area contributed by atoms with Crippen LogP contribution in [0, 0.1) is 12.8 Å². The van der Waals surface area contributed by atoms with Gasteiger partial charge in [-0.05, 0) is 61.9 Å². The summed E-state index contributed by atoms with van der Waals surface area (Å²) in [6, 6.07) is 2.18. The van der Waals surface area contributed by atoms with E-state index in [9.17, 15) is 0 Å². The van der Waals surface area contributed by atoms with Crippen LogP contribution in [0.25, 0.3) is 6.08 Å². The number of hydrogen-bond donors (Lipinski definition) is 0. The smallest absolute Gasteiger partial charge is 0.236 e. The van der Waals surface area contributed by atoms with E-state index in [4.69, 9.17) is 4.74 Å². The third kappa shape index (κ3) is 4.18. The molecule has 2 aromatic rings. The lowest BCUT2D eigenvalue weighted by molar-refractivity contribution is 0.191. The molecular formula is C18H23N3OS. The molecule has 4 nitrogen and oxygen atoms in total. The number of aryl methyl sites for hydroxylation is 1. The molecule has 2 aromatic heterocycles. The summed E-state index contributed by atoms with van der Waals surface area (Å²) in [5.74, 6) is 1.32. The second-order valence-corrected chi connectivity index (χ2v) is 6.90. The lowest BCUT2D eigenvalue weighted by Crippen LogP contribution is -2.33. The number of likely N-dealkylation sites (tertiary alicyclic amines) is 1. The standard InChI is InChI=1S/C18H23N3OS/c1-14-7-12-23-17(14)4-3-15-5-10-21(11-6-15)13-16-18(22-2)20-9-8-19-16/h3-4,7-9,12,15H,5-6,10-11,13H2,1-2H3/b4-3+. The Morgan fingerprint density at radius 1 is 1.30 bits per heavy atom. The van der Waals surface area contributed by atoms with E-state index < -0.39 is 0 Å². The van der Waals surface area contributed by atoms with Crippen LogP contribution < -0.4 is 4.74 Å². The minimum atomic E-state index is 0.641. The zero-order valence-electron chi connectivity index (χ0n) is 13.7. The average Bonchev–Trinajstić information content (AvgIpc) is 3.00. The normalized spacial score (nSPS) is 17.0. The van der Waals surface area contributed by atoms with Gasteiger partial charge in [-0.25, -0.2) is 4.98 Å². The van der Waals surface area contributed by atoms with Gasteiger partial charge in [0.25, 0.3) is 0 Å². The molecule has 3 rings (SSSR count). The number of allylic oxidation sites excluding steroid dienone is 1. The minimum Gasteiger partial charge on any atom is -0.480 e. The van der Waals surface area contributed by atoms with Gasteiger partial charge in [0.1, 0.15) is 5.69 Å². The maximum atomic E-state index is 5.29. The zero-order valence-corrected chi connectivity index (χ0v) is 14.6. The highest BCUT2D eigenvalue weighted by molar-refractivity contribution is 7.11. The quantitative estimate of drug-likeness (QED) is 0.837. The van der Waals surface area contributed by atoms with E-state index in [1.165, 1.54) is 23.3 Å². The summed E-state index contributed by atoms with van der Waals surface area (Å²) >= 11 is 1.82. The maximum Gasteiger partial charge on any atom is 0.236 e. The SMILES string of the molecule is COc1nccnc1CN1CCC(/C=C/c2sccc2C)CC1. The number of piperidine rings is 1. The van der Waals surface area contributed by atoms with Crippen LogP contribution in [-0.4, -0.2) is 35.1 Å². The van der Waals surface area contributed by atoms with Gasteiger partial charge in [-0.3, -0.25) is 9.88 Å². The maximum absolute atomic E-state index is 5.29. The topological polar surface area (TPSA) is 38.3 Å². The Morgan fingerprint density at radius 2 is 2.09 bits per heavy atom. The van der Waals surface area contributed by atoms with Crippen molar-refractivity contribution in [3.05, 3.63) is 46.1 Å². The molecule has 0 spiro atoms. The van der Waals surface area contributed by atoms with E-state index in [-0.39, 0.29) is 0 Å². The number of aromatic nitrogens is 2. The Balaban J connectivity index is 1.52. The van der Waals surface area contributed by atoms with Crippen LogP contribution in [0.15, 0.2) is 29.9 Å². The second-order valence-electron chi connectivity index (χ2n) is 5.95. The monoisotopic (exact) mass is 329 g/mol. The molecule has 0 atom stereocenters. The molecule has 1 saturated heterocycles. The third-order valence-corrected chi connectivity index (χ3v) is 5.34. The summed E-state index contributed by atoms with van der Waals surface area (Å²) in [5.41, 5.74) is 2.30. The highest BCUT2D eigenvalue weighted by Crippen LogP contribution is 2.24. The molecule has 0 radical (unpaired) electrons. The Labute approximate surface area is 141 Å². The summed E-state index contributed by atoms with van der Waals surface area (Å²) in [6.45, 7) is 5.18. The lowest BCUT2D eigenvalue weighted by atomic mass is 9.96. The fraction of sp³-hybridized carbons (Fsp3) is 0.444. The summed E-state index contributed by atoms with van der Waals surface area (Å²) in [5, 5.41) is 2.16. The van der Waals surface area contributed by atoms with Crippen molar-refractivity contribution in [1.82, 2.24) is 14.9 Å². The number of methoxy groups -OCH3 is 1. The van der Waals surface area contributed by atoms with Crippen LogP contribution in [0.3, 0.4) is 0 Å². The molecule has 0 aromatic carbocycles. The molecule has 1 aliphatic rings. The number of rotatable bonds is 5. The van der Waals surface area contributed by atoms with Crippen LogP contribution >= 0.6 is 11.3 Å². The third-order valence-electron chi connectivity index (χ3n) is 4.36. The second kappa shape index (κ2) is 7.70. The Hall–Kier alpha value is -1.72. The molecule has 122 valence electrons. The van der Waals surface area contributed by atoms with Crippen LogP contribution in [0.4, 0.5) is 0 Å².